The fourth-order valence-corrected chi connectivity index (χ4v) is 3.53. The first kappa shape index (κ1) is 14.3. The topological polar surface area (TPSA) is 38.7 Å². The lowest BCUT2D eigenvalue weighted by molar-refractivity contribution is 0.0893. The first-order chi connectivity index (χ1) is 8.73. The zero-order chi connectivity index (χ0) is 13.0. The average molecular weight is 255 g/mol. The molecule has 0 radical (unpaired) electrons. The van der Waals surface area contributed by atoms with Gasteiger partial charge in [-0.1, -0.05) is 6.92 Å². The Balaban J connectivity index is 1.81. The lowest BCUT2D eigenvalue weighted by Gasteiger charge is -2.38. The van der Waals surface area contributed by atoms with Crippen LogP contribution in [-0.2, 0) is 0 Å². The summed E-state index contributed by atoms with van der Waals surface area (Å²) in [6.07, 6.45) is 4.71. The highest BCUT2D eigenvalue weighted by molar-refractivity contribution is 4.99. The van der Waals surface area contributed by atoms with Crippen molar-refractivity contribution in [1.82, 2.24) is 15.1 Å². The van der Waals surface area contributed by atoms with Gasteiger partial charge >= 0.3 is 0 Å². The molecule has 0 bridgehead atoms. The summed E-state index contributed by atoms with van der Waals surface area (Å²) in [6.45, 7) is 8.62. The molecule has 106 valence electrons. The molecule has 2 unspecified atom stereocenters. The molecular weight excluding hydrogens is 226 g/mol. The van der Waals surface area contributed by atoms with Crippen molar-refractivity contribution < 1.29 is 5.11 Å². The van der Waals surface area contributed by atoms with Crippen molar-refractivity contribution in [1.29, 1.82) is 0 Å². The second-order valence-electron chi connectivity index (χ2n) is 5.96. The number of nitrogens with one attached hydrogen (secondary N) is 1. The van der Waals surface area contributed by atoms with Crippen LogP contribution in [0.15, 0.2) is 0 Å². The zero-order valence-electron chi connectivity index (χ0n) is 12.0. The SMILES string of the molecule is CCCN1CCN(C2CCC(CO)(NC)C2)CC1. The Hall–Kier alpha value is -0.160. The van der Waals surface area contributed by atoms with Gasteiger partial charge in [-0.25, -0.2) is 0 Å². The Morgan fingerprint density at radius 1 is 1.28 bits per heavy atom. The van der Waals surface area contributed by atoms with E-state index in [1.165, 1.54) is 45.6 Å². The molecule has 0 aromatic carbocycles. The number of piperazine rings is 1. The van der Waals surface area contributed by atoms with Crippen LogP contribution in [0, 0.1) is 0 Å². The molecule has 0 aromatic heterocycles. The number of hydrogen-bond acceptors (Lipinski definition) is 4. The van der Waals surface area contributed by atoms with Crippen LogP contribution in [-0.4, -0.2) is 72.9 Å². The molecule has 1 heterocycles. The van der Waals surface area contributed by atoms with E-state index in [9.17, 15) is 5.11 Å². The molecule has 0 amide bonds. The van der Waals surface area contributed by atoms with Crippen LogP contribution in [0.2, 0.25) is 0 Å². The summed E-state index contributed by atoms with van der Waals surface area (Å²) in [6, 6.07) is 0.674. The maximum atomic E-state index is 9.56. The summed E-state index contributed by atoms with van der Waals surface area (Å²) in [5, 5.41) is 12.9. The molecule has 2 aliphatic rings. The van der Waals surface area contributed by atoms with E-state index in [0.29, 0.717) is 6.04 Å². The highest BCUT2D eigenvalue weighted by Gasteiger charge is 2.40. The second kappa shape index (κ2) is 6.33. The Bertz CT molecular complexity index is 247. The van der Waals surface area contributed by atoms with Crippen LogP contribution >= 0.6 is 0 Å². The Labute approximate surface area is 111 Å². The van der Waals surface area contributed by atoms with Crippen molar-refractivity contribution in [3.63, 3.8) is 0 Å². The van der Waals surface area contributed by atoms with Crippen LogP contribution in [0.4, 0.5) is 0 Å². The molecule has 1 saturated heterocycles. The molecule has 2 rings (SSSR count). The van der Waals surface area contributed by atoms with Crippen LogP contribution in [0.1, 0.15) is 32.6 Å². The molecule has 2 atom stereocenters. The van der Waals surface area contributed by atoms with Gasteiger partial charge in [-0.2, -0.15) is 0 Å². The molecule has 1 aliphatic heterocycles. The van der Waals surface area contributed by atoms with Gasteiger partial charge in [0.25, 0.3) is 0 Å². The smallest absolute Gasteiger partial charge is 0.0613 e. The fraction of sp³-hybridized carbons (Fsp3) is 1.00. The van der Waals surface area contributed by atoms with Gasteiger partial charge in [0.1, 0.15) is 0 Å². The Morgan fingerprint density at radius 2 is 2.00 bits per heavy atom. The van der Waals surface area contributed by atoms with Gasteiger partial charge < -0.3 is 15.3 Å². The summed E-state index contributed by atoms with van der Waals surface area (Å²) in [5.74, 6) is 0. The largest absolute Gasteiger partial charge is 0.394 e. The molecule has 0 aromatic rings. The van der Waals surface area contributed by atoms with Gasteiger partial charge in [0.05, 0.1) is 6.61 Å². The molecule has 4 nitrogen and oxygen atoms in total. The minimum atomic E-state index is -0.00871. The standard InChI is InChI=1S/C14H29N3O/c1-3-6-16-7-9-17(10-8-16)13-4-5-14(11-13,12-18)15-2/h13,15,18H,3-12H2,1-2H3. The van der Waals surface area contributed by atoms with Crippen LogP contribution in [0.25, 0.3) is 0 Å². The minimum Gasteiger partial charge on any atom is -0.394 e. The lowest BCUT2D eigenvalue weighted by atomic mass is 9.99. The average Bonchev–Trinajstić information content (AvgIpc) is 2.85. The number of aliphatic hydroxyl groups excluding tert-OH is 1. The number of aliphatic hydroxyl groups is 1. The first-order valence-corrected chi connectivity index (χ1v) is 7.49. The van der Waals surface area contributed by atoms with Gasteiger partial charge in [0, 0.05) is 37.8 Å². The monoisotopic (exact) mass is 255 g/mol. The predicted molar refractivity (Wildman–Crippen MR) is 74.8 cm³/mol. The highest BCUT2D eigenvalue weighted by Crippen LogP contribution is 2.33. The molecule has 0 spiro atoms. The van der Waals surface area contributed by atoms with Crippen molar-refractivity contribution in [3.8, 4) is 0 Å². The zero-order valence-corrected chi connectivity index (χ0v) is 12.0. The van der Waals surface area contributed by atoms with Crippen molar-refractivity contribution in [2.45, 2.75) is 44.2 Å². The molecule has 18 heavy (non-hydrogen) atoms. The molecule has 2 fully saturated rings. The molecule has 2 N–H and O–H groups in total. The molecule has 1 saturated carbocycles. The van der Waals surface area contributed by atoms with E-state index >= 15 is 0 Å². The molecule has 1 aliphatic carbocycles. The third kappa shape index (κ3) is 3.05. The van der Waals surface area contributed by atoms with E-state index in [1.54, 1.807) is 0 Å². The maximum Gasteiger partial charge on any atom is 0.0613 e. The van der Waals surface area contributed by atoms with E-state index in [2.05, 4.69) is 22.0 Å². The summed E-state index contributed by atoms with van der Waals surface area (Å²) in [5.41, 5.74) is -0.00871. The summed E-state index contributed by atoms with van der Waals surface area (Å²) < 4.78 is 0. The number of rotatable bonds is 5. The Morgan fingerprint density at radius 3 is 2.50 bits per heavy atom. The minimum absolute atomic E-state index is 0.00871. The van der Waals surface area contributed by atoms with Crippen molar-refractivity contribution in [2.24, 2.45) is 0 Å². The highest BCUT2D eigenvalue weighted by atomic mass is 16.3. The number of hydrogen-bond donors (Lipinski definition) is 2. The first-order valence-electron chi connectivity index (χ1n) is 7.49. The van der Waals surface area contributed by atoms with E-state index in [4.69, 9.17) is 0 Å². The second-order valence-corrected chi connectivity index (χ2v) is 5.96. The normalized spacial score (nSPS) is 35.2. The van der Waals surface area contributed by atoms with Crippen molar-refractivity contribution >= 4 is 0 Å². The summed E-state index contributed by atoms with van der Waals surface area (Å²) >= 11 is 0. The van der Waals surface area contributed by atoms with E-state index in [1.807, 2.05) is 7.05 Å². The predicted octanol–water partition coefficient (Wildman–Crippen LogP) is 0.517. The van der Waals surface area contributed by atoms with E-state index in [-0.39, 0.29) is 12.1 Å². The summed E-state index contributed by atoms with van der Waals surface area (Å²) in [4.78, 5) is 5.21. The van der Waals surface area contributed by atoms with E-state index < -0.39 is 0 Å². The fourth-order valence-electron chi connectivity index (χ4n) is 3.53. The van der Waals surface area contributed by atoms with Gasteiger partial charge in [-0.15, -0.1) is 0 Å². The summed E-state index contributed by atoms with van der Waals surface area (Å²) in [7, 11) is 1.98. The quantitative estimate of drug-likeness (QED) is 0.751. The van der Waals surface area contributed by atoms with Gasteiger partial charge in [-0.3, -0.25) is 4.90 Å². The maximum absolute atomic E-state index is 9.56. The molecule has 4 heteroatoms. The van der Waals surface area contributed by atoms with Gasteiger partial charge in [0.15, 0.2) is 0 Å². The third-order valence-electron chi connectivity index (χ3n) is 4.88. The Kier molecular flexibility index (Phi) is 5.01. The molecular formula is C14H29N3O. The van der Waals surface area contributed by atoms with Crippen LogP contribution in [0.3, 0.4) is 0 Å². The van der Waals surface area contributed by atoms with Crippen molar-refractivity contribution in [3.05, 3.63) is 0 Å². The number of likely N-dealkylation sites (N-methyl/N-ethyl adjacent to an activating group) is 1. The van der Waals surface area contributed by atoms with Gasteiger partial charge in [0.2, 0.25) is 0 Å². The lowest BCUT2D eigenvalue weighted by Crippen LogP contribution is -2.51. The van der Waals surface area contributed by atoms with Crippen molar-refractivity contribution in [2.75, 3.05) is 46.4 Å². The van der Waals surface area contributed by atoms with Crippen LogP contribution in [0.5, 0.6) is 0 Å². The van der Waals surface area contributed by atoms with E-state index in [0.717, 1.165) is 12.8 Å². The number of nitrogens with zero attached hydrogens (tertiary/aromatic N) is 2. The third-order valence-corrected chi connectivity index (χ3v) is 4.88. The van der Waals surface area contributed by atoms with Gasteiger partial charge in [-0.05, 0) is 39.3 Å². The van der Waals surface area contributed by atoms with Crippen LogP contribution < -0.4 is 5.32 Å².